The van der Waals surface area contributed by atoms with E-state index in [1.807, 2.05) is 48.2 Å². The van der Waals surface area contributed by atoms with Crippen molar-refractivity contribution in [3.63, 3.8) is 0 Å². The number of amides is 1. The Morgan fingerprint density at radius 2 is 2.00 bits per heavy atom. The van der Waals surface area contributed by atoms with Crippen LogP contribution in [0.2, 0.25) is 5.02 Å². The van der Waals surface area contributed by atoms with Gasteiger partial charge in [-0.05, 0) is 32.0 Å². The normalized spacial score (nSPS) is 11.3. The number of rotatable bonds is 4. The SMILES string of the molecule is CC(C)n1ncc2cc(C(=O)Nc3nc(-c4ccc(Cl)cc4)cs3)cnc21. The second kappa shape index (κ2) is 7.09. The molecule has 1 N–H and O–H groups in total. The molecule has 3 aromatic heterocycles. The van der Waals surface area contributed by atoms with Crippen LogP contribution < -0.4 is 5.32 Å². The van der Waals surface area contributed by atoms with Gasteiger partial charge in [0.25, 0.3) is 5.91 Å². The summed E-state index contributed by atoms with van der Waals surface area (Å²) in [6.07, 6.45) is 3.28. The van der Waals surface area contributed by atoms with Gasteiger partial charge in [0.05, 0.1) is 17.5 Å². The summed E-state index contributed by atoms with van der Waals surface area (Å²) < 4.78 is 1.83. The topological polar surface area (TPSA) is 72.7 Å². The molecule has 0 spiro atoms. The molecular weight excluding hydrogens is 382 g/mol. The van der Waals surface area contributed by atoms with E-state index in [-0.39, 0.29) is 11.9 Å². The minimum atomic E-state index is -0.251. The van der Waals surface area contributed by atoms with Crippen molar-refractivity contribution >= 4 is 45.0 Å². The van der Waals surface area contributed by atoms with Gasteiger partial charge in [0.1, 0.15) is 0 Å². The Bertz CT molecular complexity index is 1120. The number of benzene rings is 1. The molecular formula is C19H16ClN5OS. The zero-order chi connectivity index (χ0) is 19.0. The molecule has 0 aliphatic heterocycles. The van der Waals surface area contributed by atoms with Crippen molar-refractivity contribution in [2.24, 2.45) is 0 Å². The van der Waals surface area contributed by atoms with Gasteiger partial charge in [-0.2, -0.15) is 5.10 Å². The number of pyridine rings is 1. The number of halogens is 1. The van der Waals surface area contributed by atoms with Crippen LogP contribution in [-0.4, -0.2) is 25.7 Å². The van der Waals surface area contributed by atoms with Crippen molar-refractivity contribution in [3.05, 3.63) is 58.7 Å². The number of carbonyl (C=O) groups is 1. The van der Waals surface area contributed by atoms with E-state index in [4.69, 9.17) is 11.6 Å². The molecule has 136 valence electrons. The minimum absolute atomic E-state index is 0.205. The Morgan fingerprint density at radius 1 is 1.22 bits per heavy atom. The molecule has 0 aliphatic carbocycles. The molecule has 0 saturated carbocycles. The highest BCUT2D eigenvalue weighted by Gasteiger charge is 2.13. The molecule has 4 rings (SSSR count). The summed E-state index contributed by atoms with van der Waals surface area (Å²) in [7, 11) is 0. The first kappa shape index (κ1) is 17.6. The lowest BCUT2D eigenvalue weighted by atomic mass is 10.2. The Kier molecular flexibility index (Phi) is 4.63. The Hall–Kier alpha value is -2.77. The zero-order valence-corrected chi connectivity index (χ0v) is 16.3. The minimum Gasteiger partial charge on any atom is -0.298 e. The van der Waals surface area contributed by atoms with E-state index in [9.17, 15) is 4.79 Å². The highest BCUT2D eigenvalue weighted by Crippen LogP contribution is 2.26. The summed E-state index contributed by atoms with van der Waals surface area (Å²) >= 11 is 7.28. The zero-order valence-electron chi connectivity index (χ0n) is 14.7. The number of aromatic nitrogens is 4. The van der Waals surface area contributed by atoms with Gasteiger partial charge in [-0.1, -0.05) is 23.7 Å². The number of thiazole rings is 1. The molecule has 1 aromatic carbocycles. The lowest BCUT2D eigenvalue weighted by Crippen LogP contribution is -2.12. The second-order valence-electron chi connectivity index (χ2n) is 6.32. The van der Waals surface area contributed by atoms with Crippen LogP contribution in [0.1, 0.15) is 30.2 Å². The second-order valence-corrected chi connectivity index (χ2v) is 7.61. The number of nitrogens with one attached hydrogen (secondary N) is 1. The van der Waals surface area contributed by atoms with Crippen molar-refractivity contribution in [1.29, 1.82) is 0 Å². The molecule has 3 heterocycles. The van der Waals surface area contributed by atoms with E-state index >= 15 is 0 Å². The van der Waals surface area contributed by atoms with Crippen LogP contribution in [0.3, 0.4) is 0 Å². The molecule has 0 aliphatic rings. The van der Waals surface area contributed by atoms with Crippen molar-refractivity contribution in [1.82, 2.24) is 19.7 Å². The van der Waals surface area contributed by atoms with E-state index in [0.717, 1.165) is 22.3 Å². The summed E-state index contributed by atoms with van der Waals surface area (Å²) in [6.45, 7) is 4.07. The van der Waals surface area contributed by atoms with Gasteiger partial charge >= 0.3 is 0 Å². The maximum atomic E-state index is 12.6. The molecule has 0 unspecified atom stereocenters. The van der Waals surface area contributed by atoms with Crippen LogP contribution in [0.25, 0.3) is 22.3 Å². The average molecular weight is 398 g/mol. The summed E-state index contributed by atoms with van der Waals surface area (Å²) in [6, 6.07) is 9.41. The van der Waals surface area contributed by atoms with Gasteiger partial charge in [-0.25, -0.2) is 14.6 Å². The number of hydrogen-bond donors (Lipinski definition) is 1. The van der Waals surface area contributed by atoms with Crippen molar-refractivity contribution in [3.8, 4) is 11.3 Å². The van der Waals surface area contributed by atoms with Gasteiger partial charge in [-0.3, -0.25) is 10.1 Å². The molecule has 0 fully saturated rings. The molecule has 1 amide bonds. The fraction of sp³-hybridized carbons (Fsp3) is 0.158. The lowest BCUT2D eigenvalue weighted by molar-refractivity contribution is 0.102. The van der Waals surface area contributed by atoms with Crippen molar-refractivity contribution < 1.29 is 4.79 Å². The van der Waals surface area contributed by atoms with E-state index in [1.54, 1.807) is 18.5 Å². The fourth-order valence-electron chi connectivity index (χ4n) is 2.70. The fourth-order valence-corrected chi connectivity index (χ4v) is 3.54. The quantitative estimate of drug-likeness (QED) is 0.523. The predicted molar refractivity (Wildman–Crippen MR) is 108 cm³/mol. The molecule has 0 bridgehead atoms. The highest BCUT2D eigenvalue weighted by molar-refractivity contribution is 7.14. The first-order chi connectivity index (χ1) is 13.0. The standard InChI is InChI=1S/C19H16ClN5OS/c1-11(2)25-17-13(9-22-25)7-14(8-21-17)18(26)24-19-23-16(10-27-19)12-3-5-15(20)6-4-12/h3-11H,1-2H3,(H,23,24,26). The first-order valence-electron chi connectivity index (χ1n) is 8.37. The number of carbonyl (C=O) groups excluding carboxylic acids is 1. The number of hydrogen-bond acceptors (Lipinski definition) is 5. The molecule has 0 atom stereocenters. The third-order valence-electron chi connectivity index (χ3n) is 4.05. The Balaban J connectivity index is 1.54. The van der Waals surface area contributed by atoms with E-state index in [2.05, 4.69) is 20.4 Å². The molecule has 4 aromatic rings. The van der Waals surface area contributed by atoms with Gasteiger partial charge in [0.2, 0.25) is 0 Å². The maximum absolute atomic E-state index is 12.6. The van der Waals surface area contributed by atoms with Crippen molar-refractivity contribution in [2.45, 2.75) is 19.9 Å². The van der Waals surface area contributed by atoms with Crippen LogP contribution >= 0.6 is 22.9 Å². The maximum Gasteiger partial charge on any atom is 0.259 e. The molecule has 0 radical (unpaired) electrons. The summed E-state index contributed by atoms with van der Waals surface area (Å²) in [4.78, 5) is 21.4. The third-order valence-corrected chi connectivity index (χ3v) is 5.06. The summed E-state index contributed by atoms with van der Waals surface area (Å²) in [5, 5.41) is 11.1. The number of anilines is 1. The largest absolute Gasteiger partial charge is 0.298 e. The monoisotopic (exact) mass is 397 g/mol. The predicted octanol–water partition coefficient (Wildman–Crippen LogP) is 5.04. The van der Waals surface area contributed by atoms with E-state index < -0.39 is 0 Å². The van der Waals surface area contributed by atoms with Crippen LogP contribution in [0.15, 0.2) is 48.1 Å². The van der Waals surface area contributed by atoms with Crippen LogP contribution in [-0.2, 0) is 0 Å². The summed E-state index contributed by atoms with van der Waals surface area (Å²) in [5.74, 6) is -0.251. The third kappa shape index (κ3) is 3.56. The average Bonchev–Trinajstić information content (AvgIpc) is 3.28. The Labute approximate surface area is 164 Å². The lowest BCUT2D eigenvalue weighted by Gasteiger charge is -2.06. The van der Waals surface area contributed by atoms with Crippen molar-refractivity contribution in [2.75, 3.05) is 5.32 Å². The van der Waals surface area contributed by atoms with E-state index in [0.29, 0.717) is 15.7 Å². The smallest absolute Gasteiger partial charge is 0.259 e. The Morgan fingerprint density at radius 3 is 2.74 bits per heavy atom. The highest BCUT2D eigenvalue weighted by atomic mass is 35.5. The molecule has 0 saturated heterocycles. The van der Waals surface area contributed by atoms with Gasteiger partial charge in [0, 0.05) is 33.6 Å². The molecule has 27 heavy (non-hydrogen) atoms. The first-order valence-corrected chi connectivity index (χ1v) is 9.63. The van der Waals surface area contributed by atoms with Gasteiger partial charge < -0.3 is 0 Å². The van der Waals surface area contributed by atoms with Crippen LogP contribution in [0, 0.1) is 0 Å². The molecule has 8 heteroatoms. The number of nitrogens with zero attached hydrogens (tertiary/aromatic N) is 4. The van der Waals surface area contributed by atoms with Crippen LogP contribution in [0.4, 0.5) is 5.13 Å². The summed E-state index contributed by atoms with van der Waals surface area (Å²) in [5.41, 5.74) is 2.97. The van der Waals surface area contributed by atoms with Crippen LogP contribution in [0.5, 0.6) is 0 Å². The van der Waals surface area contributed by atoms with E-state index in [1.165, 1.54) is 11.3 Å². The van der Waals surface area contributed by atoms with Gasteiger partial charge in [-0.15, -0.1) is 11.3 Å². The molecule has 6 nitrogen and oxygen atoms in total. The number of fused-ring (bicyclic) bond motifs is 1. The van der Waals surface area contributed by atoms with Gasteiger partial charge in [0.15, 0.2) is 10.8 Å².